The van der Waals surface area contributed by atoms with Crippen LogP contribution in [0.1, 0.15) is 18.4 Å². The molecule has 1 amide bonds. The zero-order valence-electron chi connectivity index (χ0n) is 11.0. The van der Waals surface area contributed by atoms with Crippen LogP contribution in [0.3, 0.4) is 0 Å². The van der Waals surface area contributed by atoms with Gasteiger partial charge in [-0.2, -0.15) is 13.2 Å². The first-order valence-electron chi connectivity index (χ1n) is 6.58. The zero-order chi connectivity index (χ0) is 14.6. The van der Waals surface area contributed by atoms with Crippen LogP contribution in [0.15, 0.2) is 30.3 Å². The Balaban J connectivity index is 2.09. The van der Waals surface area contributed by atoms with Crippen LogP contribution >= 0.6 is 0 Å². The van der Waals surface area contributed by atoms with Crippen molar-refractivity contribution in [3.8, 4) is 0 Å². The van der Waals surface area contributed by atoms with Gasteiger partial charge in [-0.1, -0.05) is 30.3 Å². The van der Waals surface area contributed by atoms with Crippen LogP contribution in [0.5, 0.6) is 0 Å². The Kier molecular flexibility index (Phi) is 4.65. The third-order valence-electron chi connectivity index (χ3n) is 3.26. The number of amides is 1. The van der Waals surface area contributed by atoms with Gasteiger partial charge in [-0.25, -0.2) is 0 Å². The Morgan fingerprint density at radius 3 is 2.55 bits per heavy atom. The molecule has 0 bridgehead atoms. The minimum Gasteiger partial charge on any atom is -0.328 e. The number of nitrogens with one attached hydrogen (secondary N) is 1. The zero-order valence-corrected chi connectivity index (χ0v) is 11.0. The molecule has 1 aromatic rings. The molecule has 3 nitrogen and oxygen atoms in total. The van der Waals surface area contributed by atoms with E-state index in [1.807, 2.05) is 0 Å². The Morgan fingerprint density at radius 2 is 2.00 bits per heavy atom. The topological polar surface area (TPSA) is 32.3 Å². The average molecular weight is 286 g/mol. The number of alkyl halides is 3. The van der Waals surface area contributed by atoms with Crippen LogP contribution in [0.2, 0.25) is 0 Å². The van der Waals surface area contributed by atoms with Gasteiger partial charge in [0, 0.05) is 6.54 Å². The third-order valence-corrected chi connectivity index (χ3v) is 3.26. The van der Waals surface area contributed by atoms with E-state index in [9.17, 15) is 18.0 Å². The van der Waals surface area contributed by atoms with E-state index in [0.717, 1.165) is 11.3 Å². The molecule has 20 heavy (non-hydrogen) atoms. The Hall–Kier alpha value is -1.56. The highest BCUT2D eigenvalue weighted by molar-refractivity contribution is 5.82. The molecular weight excluding hydrogens is 269 g/mol. The molecule has 0 aromatic heterocycles. The highest BCUT2D eigenvalue weighted by atomic mass is 19.4. The standard InChI is InChI=1S/C14H17F3N2O/c15-14(16,17)10-19(9-11-5-2-1-3-6-11)13(20)12-7-4-8-18-12/h1-3,5-6,12,18H,4,7-10H2. The molecule has 1 aliphatic rings. The van der Waals surface area contributed by atoms with Gasteiger partial charge in [-0.3, -0.25) is 4.79 Å². The second kappa shape index (κ2) is 6.26. The van der Waals surface area contributed by atoms with E-state index >= 15 is 0 Å². The molecule has 1 atom stereocenters. The lowest BCUT2D eigenvalue weighted by atomic mass is 10.1. The van der Waals surface area contributed by atoms with E-state index in [2.05, 4.69) is 5.32 Å². The first-order valence-corrected chi connectivity index (χ1v) is 6.58. The lowest BCUT2D eigenvalue weighted by molar-refractivity contribution is -0.163. The van der Waals surface area contributed by atoms with E-state index in [1.54, 1.807) is 30.3 Å². The maximum atomic E-state index is 12.6. The van der Waals surface area contributed by atoms with Crippen LogP contribution < -0.4 is 5.32 Å². The van der Waals surface area contributed by atoms with E-state index in [1.165, 1.54) is 0 Å². The highest BCUT2D eigenvalue weighted by Crippen LogP contribution is 2.20. The average Bonchev–Trinajstić information content (AvgIpc) is 2.90. The van der Waals surface area contributed by atoms with Crippen molar-refractivity contribution < 1.29 is 18.0 Å². The molecule has 1 heterocycles. The lowest BCUT2D eigenvalue weighted by Gasteiger charge is -2.26. The van der Waals surface area contributed by atoms with E-state index in [4.69, 9.17) is 0 Å². The van der Waals surface area contributed by atoms with Crippen LogP contribution in [-0.4, -0.2) is 36.1 Å². The maximum Gasteiger partial charge on any atom is 0.406 e. The van der Waals surface area contributed by atoms with E-state index in [-0.39, 0.29) is 6.54 Å². The summed E-state index contributed by atoms with van der Waals surface area (Å²) < 4.78 is 37.9. The number of carbonyl (C=O) groups excluding carboxylic acids is 1. The summed E-state index contributed by atoms with van der Waals surface area (Å²) in [7, 11) is 0. The summed E-state index contributed by atoms with van der Waals surface area (Å²) in [6.07, 6.45) is -2.97. The minimum absolute atomic E-state index is 0.0165. The van der Waals surface area contributed by atoms with Crippen LogP contribution in [0.25, 0.3) is 0 Å². The smallest absolute Gasteiger partial charge is 0.328 e. The summed E-state index contributed by atoms with van der Waals surface area (Å²) >= 11 is 0. The van der Waals surface area contributed by atoms with Crippen molar-refractivity contribution in [1.29, 1.82) is 0 Å². The molecule has 0 aliphatic carbocycles. The predicted molar refractivity (Wildman–Crippen MR) is 68.9 cm³/mol. The van der Waals surface area contributed by atoms with Crippen molar-refractivity contribution in [3.63, 3.8) is 0 Å². The SMILES string of the molecule is O=C(C1CCCN1)N(Cc1ccccc1)CC(F)(F)F. The number of benzene rings is 1. The first-order chi connectivity index (χ1) is 9.46. The molecule has 110 valence electrons. The van der Waals surface area contributed by atoms with Gasteiger partial charge < -0.3 is 10.2 Å². The van der Waals surface area contributed by atoms with Crippen molar-refractivity contribution in [2.75, 3.05) is 13.1 Å². The third kappa shape index (κ3) is 4.23. The quantitative estimate of drug-likeness (QED) is 0.921. The summed E-state index contributed by atoms with van der Waals surface area (Å²) in [6, 6.07) is 8.25. The summed E-state index contributed by atoms with van der Waals surface area (Å²) in [5, 5.41) is 2.95. The fraction of sp³-hybridized carbons (Fsp3) is 0.500. The number of carbonyl (C=O) groups is 1. The van der Waals surface area contributed by atoms with Gasteiger partial charge >= 0.3 is 6.18 Å². The van der Waals surface area contributed by atoms with E-state index < -0.39 is 24.7 Å². The molecule has 2 rings (SSSR count). The molecule has 1 aromatic carbocycles. The molecular formula is C14H17F3N2O. The number of halogens is 3. The Labute approximate surface area is 115 Å². The normalized spacial score (nSPS) is 19.1. The van der Waals surface area contributed by atoms with Crippen LogP contribution in [0.4, 0.5) is 13.2 Å². The van der Waals surface area contributed by atoms with Gasteiger partial charge in [-0.05, 0) is 24.9 Å². The van der Waals surface area contributed by atoms with Crippen molar-refractivity contribution in [2.45, 2.75) is 31.6 Å². The molecule has 1 unspecified atom stereocenters. The Morgan fingerprint density at radius 1 is 1.30 bits per heavy atom. The first kappa shape index (κ1) is 14.8. The predicted octanol–water partition coefficient (Wildman–Crippen LogP) is 2.33. The summed E-state index contributed by atoms with van der Waals surface area (Å²) in [4.78, 5) is 13.1. The van der Waals surface area contributed by atoms with Crippen molar-refractivity contribution in [3.05, 3.63) is 35.9 Å². The number of rotatable bonds is 4. The van der Waals surface area contributed by atoms with Crippen molar-refractivity contribution in [2.24, 2.45) is 0 Å². The summed E-state index contributed by atoms with van der Waals surface area (Å²) in [5.74, 6) is -0.469. The van der Waals surface area contributed by atoms with E-state index in [0.29, 0.717) is 18.5 Å². The fourth-order valence-electron chi connectivity index (χ4n) is 2.35. The molecule has 0 spiro atoms. The van der Waals surface area contributed by atoms with Crippen molar-refractivity contribution in [1.82, 2.24) is 10.2 Å². The monoisotopic (exact) mass is 286 g/mol. The molecule has 1 fully saturated rings. The molecule has 1 N–H and O–H groups in total. The maximum absolute atomic E-state index is 12.6. The Bertz CT molecular complexity index is 441. The van der Waals surface area contributed by atoms with Gasteiger partial charge in [0.15, 0.2) is 0 Å². The second-order valence-corrected chi connectivity index (χ2v) is 4.94. The van der Waals surface area contributed by atoms with Gasteiger partial charge in [-0.15, -0.1) is 0 Å². The van der Waals surface area contributed by atoms with Crippen LogP contribution in [-0.2, 0) is 11.3 Å². The van der Waals surface area contributed by atoms with Gasteiger partial charge in [0.2, 0.25) is 5.91 Å². The second-order valence-electron chi connectivity index (χ2n) is 4.94. The highest BCUT2D eigenvalue weighted by Gasteiger charge is 2.36. The number of nitrogens with zero attached hydrogens (tertiary/aromatic N) is 1. The minimum atomic E-state index is -4.39. The summed E-state index contributed by atoms with van der Waals surface area (Å²) in [5.41, 5.74) is 0.697. The molecule has 0 radical (unpaired) electrons. The largest absolute Gasteiger partial charge is 0.406 e. The molecule has 0 saturated carbocycles. The summed E-state index contributed by atoms with van der Waals surface area (Å²) in [6.45, 7) is -0.544. The van der Waals surface area contributed by atoms with Gasteiger partial charge in [0.05, 0.1) is 6.04 Å². The lowest BCUT2D eigenvalue weighted by Crippen LogP contribution is -2.46. The van der Waals surface area contributed by atoms with Gasteiger partial charge in [0.1, 0.15) is 6.54 Å². The van der Waals surface area contributed by atoms with Crippen molar-refractivity contribution >= 4 is 5.91 Å². The number of hydrogen-bond acceptors (Lipinski definition) is 2. The molecule has 6 heteroatoms. The van der Waals surface area contributed by atoms with Gasteiger partial charge in [0.25, 0.3) is 0 Å². The van der Waals surface area contributed by atoms with Crippen LogP contribution in [0, 0.1) is 0 Å². The fourth-order valence-corrected chi connectivity index (χ4v) is 2.35. The molecule has 1 aliphatic heterocycles. The number of hydrogen-bond donors (Lipinski definition) is 1. The molecule has 1 saturated heterocycles.